The van der Waals surface area contributed by atoms with E-state index in [1.54, 1.807) is 0 Å². The van der Waals surface area contributed by atoms with Crippen LogP contribution in [0.5, 0.6) is 5.75 Å². The molecule has 3 aromatic carbocycles. The molecule has 0 aliphatic rings. The lowest BCUT2D eigenvalue weighted by Gasteiger charge is -2.09. The molecule has 0 unspecified atom stereocenters. The van der Waals surface area contributed by atoms with E-state index in [-0.39, 0.29) is 5.91 Å². The second-order valence-electron chi connectivity index (χ2n) is 6.30. The summed E-state index contributed by atoms with van der Waals surface area (Å²) in [5.74, 6) is 0.845. The van der Waals surface area contributed by atoms with Gasteiger partial charge in [-0.1, -0.05) is 54.6 Å². The van der Waals surface area contributed by atoms with Crippen LogP contribution >= 0.6 is 0 Å². The van der Waals surface area contributed by atoms with E-state index in [2.05, 4.69) is 41.7 Å². The van der Waals surface area contributed by atoms with Crippen LogP contribution in [0.4, 0.5) is 5.69 Å². The fourth-order valence-corrected chi connectivity index (χ4v) is 2.78. The fraction of sp³-hybridized carbons (Fsp3) is 0.174. The normalized spacial score (nSPS) is 10.3. The van der Waals surface area contributed by atoms with E-state index in [0.29, 0.717) is 6.61 Å². The van der Waals surface area contributed by atoms with Gasteiger partial charge in [-0.3, -0.25) is 4.79 Å². The molecule has 26 heavy (non-hydrogen) atoms. The van der Waals surface area contributed by atoms with E-state index in [1.165, 1.54) is 18.1 Å². The Morgan fingerprint density at radius 2 is 1.50 bits per heavy atom. The molecule has 0 saturated heterocycles. The molecule has 1 N–H and O–H groups in total. The van der Waals surface area contributed by atoms with Crippen molar-refractivity contribution < 1.29 is 9.53 Å². The van der Waals surface area contributed by atoms with Gasteiger partial charge in [0.1, 0.15) is 12.4 Å². The fourth-order valence-electron chi connectivity index (χ4n) is 2.78. The highest BCUT2D eigenvalue weighted by molar-refractivity contribution is 5.88. The van der Waals surface area contributed by atoms with Crippen molar-refractivity contribution in [2.45, 2.75) is 26.4 Å². The Bertz CT molecular complexity index is 842. The largest absolute Gasteiger partial charge is 0.489 e. The van der Waals surface area contributed by atoms with Gasteiger partial charge in [-0.15, -0.1) is 0 Å². The van der Waals surface area contributed by atoms with Crippen molar-refractivity contribution in [1.29, 1.82) is 0 Å². The van der Waals surface area contributed by atoms with Gasteiger partial charge in [-0.05, 0) is 53.8 Å². The third-order valence-electron chi connectivity index (χ3n) is 4.12. The Kier molecular flexibility index (Phi) is 6.05. The molecule has 0 fully saturated rings. The Morgan fingerprint density at radius 1 is 0.808 bits per heavy atom. The lowest BCUT2D eigenvalue weighted by atomic mass is 10.0. The number of rotatable bonds is 7. The number of aryl methyl sites for hydroxylation is 2. The average Bonchev–Trinajstić information content (AvgIpc) is 2.67. The molecule has 0 aromatic heterocycles. The summed E-state index contributed by atoms with van der Waals surface area (Å²) in [5, 5.41) is 2.79. The number of ether oxygens (including phenoxy) is 1. The summed E-state index contributed by atoms with van der Waals surface area (Å²) in [6, 6.07) is 26.4. The summed E-state index contributed by atoms with van der Waals surface area (Å²) < 4.78 is 5.90. The van der Waals surface area contributed by atoms with Crippen molar-refractivity contribution in [2.75, 3.05) is 5.32 Å². The number of hydrogen-bond donors (Lipinski definition) is 1. The molecule has 0 heterocycles. The molecule has 3 heteroatoms. The number of carbonyl (C=O) groups is 1. The summed E-state index contributed by atoms with van der Waals surface area (Å²) in [7, 11) is 0. The van der Waals surface area contributed by atoms with E-state index in [0.717, 1.165) is 29.8 Å². The van der Waals surface area contributed by atoms with Crippen LogP contribution in [0, 0.1) is 0 Å². The molecule has 0 radical (unpaired) electrons. The van der Waals surface area contributed by atoms with Crippen LogP contribution in [0.1, 0.15) is 23.6 Å². The molecule has 132 valence electrons. The molecule has 0 bridgehead atoms. The maximum atomic E-state index is 11.1. The van der Waals surface area contributed by atoms with Crippen molar-refractivity contribution in [3.05, 3.63) is 95.6 Å². The molecule has 0 aliphatic carbocycles. The molecule has 1 amide bonds. The van der Waals surface area contributed by atoms with E-state index < -0.39 is 0 Å². The first-order valence-electron chi connectivity index (χ1n) is 8.81. The van der Waals surface area contributed by atoms with Gasteiger partial charge >= 0.3 is 0 Å². The van der Waals surface area contributed by atoms with E-state index in [1.807, 2.05) is 42.5 Å². The highest BCUT2D eigenvalue weighted by atomic mass is 16.5. The quantitative estimate of drug-likeness (QED) is 0.654. The summed E-state index contributed by atoms with van der Waals surface area (Å²) in [4.78, 5) is 11.1. The molecule has 0 saturated carbocycles. The third kappa shape index (κ3) is 5.49. The zero-order valence-electron chi connectivity index (χ0n) is 14.9. The van der Waals surface area contributed by atoms with Gasteiger partial charge in [0.05, 0.1) is 0 Å². The number of amides is 1. The molecule has 3 nitrogen and oxygen atoms in total. The maximum absolute atomic E-state index is 11.1. The predicted molar refractivity (Wildman–Crippen MR) is 105 cm³/mol. The Balaban J connectivity index is 1.54. The number of anilines is 1. The van der Waals surface area contributed by atoms with Crippen LogP contribution in [0.2, 0.25) is 0 Å². The third-order valence-corrected chi connectivity index (χ3v) is 4.12. The van der Waals surface area contributed by atoms with Crippen LogP contribution in [0.25, 0.3) is 0 Å². The smallest absolute Gasteiger partial charge is 0.221 e. The van der Waals surface area contributed by atoms with Gasteiger partial charge < -0.3 is 10.1 Å². The van der Waals surface area contributed by atoms with Gasteiger partial charge in [-0.2, -0.15) is 0 Å². The lowest BCUT2D eigenvalue weighted by Crippen LogP contribution is -2.05. The van der Waals surface area contributed by atoms with Gasteiger partial charge in [0, 0.05) is 12.6 Å². The standard InChI is InChI=1S/C23H23NO2/c1-18(25)24-22-14-12-19(13-15-22)10-11-20-8-5-9-23(16-20)26-17-21-6-3-2-4-7-21/h2-9,12-16H,10-11,17H2,1H3,(H,24,25). The monoisotopic (exact) mass is 345 g/mol. The first-order valence-corrected chi connectivity index (χ1v) is 8.81. The predicted octanol–water partition coefficient (Wildman–Crippen LogP) is 5.01. The molecular weight excluding hydrogens is 322 g/mol. The van der Waals surface area contributed by atoms with Crippen LogP contribution in [-0.2, 0) is 24.2 Å². The molecule has 3 aromatic rings. The second-order valence-corrected chi connectivity index (χ2v) is 6.30. The van der Waals surface area contributed by atoms with Crippen molar-refractivity contribution in [1.82, 2.24) is 0 Å². The molecule has 0 spiro atoms. The number of carbonyl (C=O) groups excluding carboxylic acids is 1. The summed E-state index contributed by atoms with van der Waals surface area (Å²) in [5.41, 5.74) is 4.49. The summed E-state index contributed by atoms with van der Waals surface area (Å²) in [6.45, 7) is 2.09. The second kappa shape index (κ2) is 8.86. The first kappa shape index (κ1) is 17.7. The Morgan fingerprint density at radius 3 is 2.23 bits per heavy atom. The minimum absolute atomic E-state index is 0.0509. The van der Waals surface area contributed by atoms with Gasteiger partial charge in [-0.25, -0.2) is 0 Å². The summed E-state index contributed by atoms with van der Waals surface area (Å²) in [6.07, 6.45) is 1.89. The van der Waals surface area contributed by atoms with Crippen molar-refractivity contribution in [3.8, 4) is 5.75 Å². The van der Waals surface area contributed by atoms with Crippen LogP contribution in [-0.4, -0.2) is 5.91 Å². The van der Waals surface area contributed by atoms with Gasteiger partial charge in [0.2, 0.25) is 5.91 Å². The minimum atomic E-state index is -0.0509. The van der Waals surface area contributed by atoms with Crippen molar-refractivity contribution in [2.24, 2.45) is 0 Å². The van der Waals surface area contributed by atoms with E-state index >= 15 is 0 Å². The zero-order chi connectivity index (χ0) is 18.2. The molecular formula is C23H23NO2. The molecule has 3 rings (SSSR count). The van der Waals surface area contributed by atoms with Gasteiger partial charge in [0.25, 0.3) is 0 Å². The Labute approximate surface area is 154 Å². The van der Waals surface area contributed by atoms with Crippen LogP contribution in [0.15, 0.2) is 78.9 Å². The van der Waals surface area contributed by atoms with E-state index in [4.69, 9.17) is 4.74 Å². The zero-order valence-corrected chi connectivity index (χ0v) is 14.9. The van der Waals surface area contributed by atoms with Gasteiger partial charge in [0.15, 0.2) is 0 Å². The number of hydrogen-bond acceptors (Lipinski definition) is 2. The highest BCUT2D eigenvalue weighted by Gasteiger charge is 2.01. The van der Waals surface area contributed by atoms with Crippen LogP contribution < -0.4 is 10.1 Å². The number of nitrogens with one attached hydrogen (secondary N) is 1. The Hall–Kier alpha value is -3.07. The number of benzene rings is 3. The summed E-state index contributed by atoms with van der Waals surface area (Å²) >= 11 is 0. The van der Waals surface area contributed by atoms with Crippen LogP contribution in [0.3, 0.4) is 0 Å². The average molecular weight is 345 g/mol. The SMILES string of the molecule is CC(=O)Nc1ccc(CCc2cccc(OCc3ccccc3)c2)cc1. The topological polar surface area (TPSA) is 38.3 Å². The molecule has 0 aliphatic heterocycles. The maximum Gasteiger partial charge on any atom is 0.221 e. The van der Waals surface area contributed by atoms with E-state index in [9.17, 15) is 4.79 Å². The van der Waals surface area contributed by atoms with Crippen molar-refractivity contribution >= 4 is 11.6 Å². The first-order chi connectivity index (χ1) is 12.7. The van der Waals surface area contributed by atoms with Crippen molar-refractivity contribution in [3.63, 3.8) is 0 Å². The molecule has 0 atom stereocenters. The lowest BCUT2D eigenvalue weighted by molar-refractivity contribution is -0.114. The minimum Gasteiger partial charge on any atom is -0.489 e. The highest BCUT2D eigenvalue weighted by Crippen LogP contribution is 2.18.